The zero-order valence-corrected chi connectivity index (χ0v) is 13.8. The maximum atomic E-state index is 2.33. The van der Waals surface area contributed by atoms with Crippen LogP contribution in [-0.2, 0) is 0 Å². The Balaban J connectivity index is 0.000000180. The van der Waals surface area contributed by atoms with E-state index in [1.54, 1.807) is 0 Å². The zero-order chi connectivity index (χ0) is 13.8. The molecule has 0 heteroatoms. The van der Waals surface area contributed by atoms with Crippen molar-refractivity contribution in [3.8, 4) is 0 Å². The van der Waals surface area contributed by atoms with Crippen molar-refractivity contribution in [2.24, 2.45) is 22.7 Å². The van der Waals surface area contributed by atoms with Crippen molar-refractivity contribution in [2.75, 3.05) is 0 Å². The molecule has 0 N–H and O–H groups in total. The molecular formula is C18H36. The van der Waals surface area contributed by atoms with Gasteiger partial charge in [0.15, 0.2) is 0 Å². The van der Waals surface area contributed by atoms with E-state index in [0.717, 1.165) is 22.7 Å². The van der Waals surface area contributed by atoms with Crippen LogP contribution in [0.3, 0.4) is 0 Å². The third-order valence-electron chi connectivity index (χ3n) is 5.10. The monoisotopic (exact) mass is 252 g/mol. The molecular weight excluding hydrogens is 216 g/mol. The number of hydrogen-bond donors (Lipinski definition) is 0. The van der Waals surface area contributed by atoms with Gasteiger partial charge in [-0.25, -0.2) is 0 Å². The number of rotatable bonds is 6. The van der Waals surface area contributed by atoms with Gasteiger partial charge in [0.1, 0.15) is 0 Å². The Morgan fingerprint density at radius 2 is 0.944 bits per heavy atom. The first-order valence-corrected chi connectivity index (χ1v) is 8.37. The van der Waals surface area contributed by atoms with Gasteiger partial charge in [-0.15, -0.1) is 0 Å². The average Bonchev–Trinajstić information content (AvgIpc) is 3.16. The van der Waals surface area contributed by atoms with Crippen molar-refractivity contribution < 1.29 is 0 Å². The fraction of sp³-hybridized carbons (Fsp3) is 1.00. The highest BCUT2D eigenvalue weighted by Gasteiger charge is 2.41. The fourth-order valence-electron chi connectivity index (χ4n) is 3.49. The van der Waals surface area contributed by atoms with Crippen molar-refractivity contribution in [1.29, 1.82) is 0 Å². The molecule has 18 heavy (non-hydrogen) atoms. The Hall–Kier alpha value is 0. The van der Waals surface area contributed by atoms with Crippen LogP contribution >= 0.6 is 0 Å². The third kappa shape index (κ3) is 5.33. The van der Waals surface area contributed by atoms with Crippen molar-refractivity contribution in [3.05, 3.63) is 0 Å². The molecule has 0 bridgehead atoms. The maximum Gasteiger partial charge on any atom is -0.0297 e. The molecule has 0 aromatic rings. The molecule has 0 spiro atoms. The summed E-state index contributed by atoms with van der Waals surface area (Å²) in [5, 5.41) is 0. The lowest BCUT2D eigenvalue weighted by Gasteiger charge is -2.13. The second-order valence-electron chi connectivity index (χ2n) is 7.90. The van der Waals surface area contributed by atoms with Crippen LogP contribution in [0.15, 0.2) is 0 Å². The zero-order valence-electron chi connectivity index (χ0n) is 13.8. The Bertz CT molecular complexity index is 202. The van der Waals surface area contributed by atoms with Crippen LogP contribution in [0.2, 0.25) is 0 Å². The molecule has 0 nitrogen and oxygen atoms in total. The molecule has 0 radical (unpaired) electrons. The quantitative estimate of drug-likeness (QED) is 0.510. The summed E-state index contributed by atoms with van der Waals surface area (Å²) in [5.74, 6) is 1.82. The van der Waals surface area contributed by atoms with E-state index in [-0.39, 0.29) is 0 Å². The molecule has 0 amide bonds. The first kappa shape index (κ1) is 16.1. The topological polar surface area (TPSA) is 0 Å². The normalized spacial score (nSPS) is 22.7. The molecule has 0 aromatic heterocycles. The van der Waals surface area contributed by atoms with Crippen LogP contribution in [0.1, 0.15) is 92.9 Å². The highest BCUT2D eigenvalue weighted by Crippen LogP contribution is 2.53. The van der Waals surface area contributed by atoms with Gasteiger partial charge in [0.25, 0.3) is 0 Å². The Morgan fingerprint density at radius 1 is 0.667 bits per heavy atom. The second kappa shape index (κ2) is 6.44. The minimum atomic E-state index is 0.814. The van der Waals surface area contributed by atoms with Gasteiger partial charge in [0.05, 0.1) is 0 Å². The smallest absolute Gasteiger partial charge is 0.0297 e. The predicted molar refractivity (Wildman–Crippen MR) is 82.8 cm³/mol. The summed E-state index contributed by atoms with van der Waals surface area (Å²) in [6, 6.07) is 0. The fourth-order valence-corrected chi connectivity index (χ4v) is 3.49. The summed E-state index contributed by atoms with van der Waals surface area (Å²) in [6.07, 6.45) is 11.7. The van der Waals surface area contributed by atoms with Gasteiger partial charge in [-0.1, -0.05) is 54.4 Å². The summed E-state index contributed by atoms with van der Waals surface area (Å²) in [4.78, 5) is 0. The maximum absolute atomic E-state index is 2.33. The first-order valence-electron chi connectivity index (χ1n) is 8.37. The lowest BCUT2D eigenvalue weighted by molar-refractivity contribution is 0.378. The SMILES string of the molecule is CCC1(CC(C)C)CC1.CCC1(CC(C)C)CC1. The summed E-state index contributed by atoms with van der Waals surface area (Å²) in [6.45, 7) is 14.0. The predicted octanol–water partition coefficient (Wildman–Crippen LogP) is 6.45. The molecule has 2 rings (SSSR count). The van der Waals surface area contributed by atoms with E-state index < -0.39 is 0 Å². The minimum Gasteiger partial charge on any atom is -0.0649 e. The van der Waals surface area contributed by atoms with E-state index >= 15 is 0 Å². The van der Waals surface area contributed by atoms with Crippen molar-refractivity contribution in [3.63, 3.8) is 0 Å². The van der Waals surface area contributed by atoms with E-state index in [2.05, 4.69) is 41.5 Å². The van der Waals surface area contributed by atoms with E-state index in [1.807, 2.05) is 0 Å². The first-order chi connectivity index (χ1) is 8.37. The molecule has 0 saturated heterocycles. The molecule has 2 saturated carbocycles. The molecule has 0 aromatic carbocycles. The van der Waals surface area contributed by atoms with Gasteiger partial charge < -0.3 is 0 Å². The third-order valence-corrected chi connectivity index (χ3v) is 5.10. The van der Waals surface area contributed by atoms with Gasteiger partial charge in [-0.3, -0.25) is 0 Å². The van der Waals surface area contributed by atoms with Gasteiger partial charge in [-0.05, 0) is 61.2 Å². The Morgan fingerprint density at radius 3 is 1.00 bits per heavy atom. The largest absolute Gasteiger partial charge is 0.0649 e. The summed E-state index contributed by atoms with van der Waals surface area (Å²) in [5.41, 5.74) is 1.63. The van der Waals surface area contributed by atoms with Crippen LogP contribution in [0.25, 0.3) is 0 Å². The summed E-state index contributed by atoms with van der Waals surface area (Å²) in [7, 11) is 0. The lowest BCUT2D eigenvalue weighted by atomic mass is 9.92. The van der Waals surface area contributed by atoms with Crippen LogP contribution in [0.4, 0.5) is 0 Å². The van der Waals surface area contributed by atoms with Crippen molar-refractivity contribution in [2.45, 2.75) is 92.9 Å². The highest BCUT2D eigenvalue weighted by molar-refractivity contribution is 4.92. The molecule has 0 heterocycles. The van der Waals surface area contributed by atoms with Crippen LogP contribution < -0.4 is 0 Å². The van der Waals surface area contributed by atoms with Crippen LogP contribution in [-0.4, -0.2) is 0 Å². The Labute approximate surface area is 116 Å². The van der Waals surface area contributed by atoms with E-state index in [9.17, 15) is 0 Å². The van der Waals surface area contributed by atoms with E-state index in [1.165, 1.54) is 51.4 Å². The van der Waals surface area contributed by atoms with Crippen molar-refractivity contribution in [1.82, 2.24) is 0 Å². The van der Waals surface area contributed by atoms with Gasteiger partial charge in [-0.2, -0.15) is 0 Å². The molecule has 0 aliphatic heterocycles. The van der Waals surface area contributed by atoms with E-state index in [4.69, 9.17) is 0 Å². The molecule has 0 unspecified atom stereocenters. The van der Waals surface area contributed by atoms with Gasteiger partial charge in [0, 0.05) is 0 Å². The highest BCUT2D eigenvalue weighted by atomic mass is 14.5. The molecule has 2 fully saturated rings. The van der Waals surface area contributed by atoms with Crippen LogP contribution in [0, 0.1) is 22.7 Å². The molecule has 108 valence electrons. The summed E-state index contributed by atoms with van der Waals surface area (Å²) >= 11 is 0. The molecule has 2 aliphatic rings. The Kier molecular flexibility index (Phi) is 5.74. The lowest BCUT2D eigenvalue weighted by Crippen LogP contribution is -2.02. The standard InChI is InChI=1S/2C9H18/c2*1-4-9(5-6-9)7-8(2)3/h2*8H,4-7H2,1-3H3. The van der Waals surface area contributed by atoms with E-state index in [0.29, 0.717) is 0 Å². The van der Waals surface area contributed by atoms with Crippen molar-refractivity contribution >= 4 is 0 Å². The van der Waals surface area contributed by atoms with Gasteiger partial charge >= 0.3 is 0 Å². The average molecular weight is 252 g/mol. The van der Waals surface area contributed by atoms with Gasteiger partial charge in [0.2, 0.25) is 0 Å². The molecule has 0 atom stereocenters. The second-order valence-corrected chi connectivity index (χ2v) is 7.90. The summed E-state index contributed by atoms with van der Waals surface area (Å²) < 4.78 is 0. The molecule has 2 aliphatic carbocycles. The minimum absolute atomic E-state index is 0.814. The van der Waals surface area contributed by atoms with Crippen LogP contribution in [0.5, 0.6) is 0 Å². The number of hydrogen-bond acceptors (Lipinski definition) is 0.